The van der Waals surface area contributed by atoms with Gasteiger partial charge in [0, 0.05) is 29.4 Å². The molecule has 0 aliphatic carbocycles. The lowest BCUT2D eigenvalue weighted by molar-refractivity contribution is -0.137. The van der Waals surface area contributed by atoms with Gasteiger partial charge in [-0.2, -0.15) is 18.3 Å². The third kappa shape index (κ3) is 4.21. The van der Waals surface area contributed by atoms with Crippen LogP contribution in [0.2, 0.25) is 0 Å². The molecule has 3 heterocycles. The predicted octanol–water partition coefficient (Wildman–Crippen LogP) is 6.02. The predicted molar refractivity (Wildman–Crippen MR) is 124 cm³/mol. The highest BCUT2D eigenvalue weighted by molar-refractivity contribution is 5.94. The Labute approximate surface area is 196 Å². The highest BCUT2D eigenvalue weighted by Crippen LogP contribution is 2.32. The molecule has 35 heavy (non-hydrogen) atoms. The molecule has 0 aliphatic heterocycles. The molecule has 176 valence electrons. The number of hydrogen-bond donors (Lipinski definition) is 0. The lowest BCUT2D eigenvalue weighted by Gasteiger charge is -2.14. The normalized spacial score (nSPS) is 12.7. The number of nitrogens with zero attached hydrogens (tertiary/aromatic N) is 4. The van der Waals surface area contributed by atoms with Crippen molar-refractivity contribution >= 4 is 10.9 Å². The van der Waals surface area contributed by atoms with Crippen molar-refractivity contribution in [1.29, 1.82) is 0 Å². The third-order valence-electron chi connectivity index (χ3n) is 5.84. The van der Waals surface area contributed by atoms with Gasteiger partial charge in [0.25, 0.3) is 5.56 Å². The Morgan fingerprint density at radius 3 is 2.37 bits per heavy atom. The van der Waals surface area contributed by atoms with Gasteiger partial charge in [0.1, 0.15) is 11.5 Å². The van der Waals surface area contributed by atoms with E-state index in [1.165, 1.54) is 45.6 Å². The largest absolute Gasteiger partial charge is 0.416 e. The monoisotopic (exact) mass is 478 g/mol. The van der Waals surface area contributed by atoms with Gasteiger partial charge in [0.15, 0.2) is 0 Å². The summed E-state index contributed by atoms with van der Waals surface area (Å²) in [5, 5.41) is 4.98. The van der Waals surface area contributed by atoms with Gasteiger partial charge in [-0.25, -0.2) is 9.07 Å². The zero-order valence-electron chi connectivity index (χ0n) is 18.4. The van der Waals surface area contributed by atoms with E-state index in [9.17, 15) is 22.4 Å². The van der Waals surface area contributed by atoms with Crippen LogP contribution in [0.4, 0.5) is 17.6 Å². The van der Waals surface area contributed by atoms with Crippen molar-refractivity contribution in [3.63, 3.8) is 0 Å². The van der Waals surface area contributed by atoms with Crippen LogP contribution < -0.4 is 5.56 Å². The highest BCUT2D eigenvalue weighted by Gasteiger charge is 2.30. The van der Waals surface area contributed by atoms with Gasteiger partial charge in [0.2, 0.25) is 0 Å². The number of pyridine rings is 2. The van der Waals surface area contributed by atoms with Gasteiger partial charge >= 0.3 is 6.18 Å². The number of halogens is 4. The van der Waals surface area contributed by atoms with Gasteiger partial charge < -0.3 is 4.57 Å². The van der Waals surface area contributed by atoms with Crippen LogP contribution in [0.5, 0.6) is 0 Å². The van der Waals surface area contributed by atoms with Gasteiger partial charge in [0.05, 0.1) is 28.5 Å². The standard InChI is InChI=1S/C26H18F4N4O/c1-16(22-4-2-3-12-31-22)33-13-11-17(14-24(33)35)25-21-15-19(27)7-10-23(21)34(32-25)20-8-5-18(6-9-20)26(28,29)30/h2-16H,1H3/t16-/m0/s1. The quantitative estimate of drug-likeness (QED) is 0.297. The first-order chi connectivity index (χ1) is 16.7. The van der Waals surface area contributed by atoms with Gasteiger partial charge in [-0.05, 0) is 67.6 Å². The first kappa shape index (κ1) is 22.5. The molecule has 0 amide bonds. The van der Waals surface area contributed by atoms with Gasteiger partial charge in [-0.3, -0.25) is 9.78 Å². The fraction of sp³-hybridized carbons (Fsp3) is 0.115. The topological polar surface area (TPSA) is 52.7 Å². The van der Waals surface area contributed by atoms with E-state index in [2.05, 4.69) is 10.1 Å². The molecular formula is C26H18F4N4O. The number of rotatable bonds is 4. The van der Waals surface area contributed by atoms with E-state index in [1.54, 1.807) is 24.5 Å². The maximum Gasteiger partial charge on any atom is 0.416 e. The minimum absolute atomic E-state index is 0.297. The first-order valence-corrected chi connectivity index (χ1v) is 10.7. The van der Waals surface area contributed by atoms with Crippen molar-refractivity contribution in [2.24, 2.45) is 0 Å². The molecule has 9 heteroatoms. The number of fused-ring (bicyclic) bond motifs is 1. The minimum Gasteiger partial charge on any atom is -0.307 e. The minimum atomic E-state index is -4.46. The molecular weight excluding hydrogens is 460 g/mol. The summed E-state index contributed by atoms with van der Waals surface area (Å²) in [6.07, 6.45) is -1.19. The number of hydrogen-bond acceptors (Lipinski definition) is 3. The summed E-state index contributed by atoms with van der Waals surface area (Å²) < 4.78 is 56.0. The molecule has 0 spiro atoms. The van der Waals surface area contributed by atoms with Crippen LogP contribution in [0.3, 0.4) is 0 Å². The molecule has 0 N–H and O–H groups in total. The average molecular weight is 478 g/mol. The Morgan fingerprint density at radius 2 is 1.71 bits per heavy atom. The summed E-state index contributed by atoms with van der Waals surface area (Å²) in [7, 11) is 0. The van der Waals surface area contributed by atoms with Crippen LogP contribution in [0, 0.1) is 5.82 Å². The van der Waals surface area contributed by atoms with Crippen molar-refractivity contribution in [2.75, 3.05) is 0 Å². The first-order valence-electron chi connectivity index (χ1n) is 10.7. The second-order valence-electron chi connectivity index (χ2n) is 8.06. The van der Waals surface area contributed by atoms with Gasteiger partial charge in [-0.1, -0.05) is 6.07 Å². The summed E-state index contributed by atoms with van der Waals surface area (Å²) in [6, 6.07) is 16.8. The van der Waals surface area contributed by atoms with E-state index in [4.69, 9.17) is 0 Å². The van der Waals surface area contributed by atoms with Crippen LogP contribution in [-0.4, -0.2) is 19.3 Å². The lowest BCUT2D eigenvalue weighted by Crippen LogP contribution is -2.23. The SMILES string of the molecule is C[C@@H](c1ccccn1)n1ccc(-c2nn(-c3ccc(C(F)(F)F)cc3)c3ccc(F)cc23)cc1=O. The molecule has 5 nitrogen and oxygen atoms in total. The fourth-order valence-corrected chi connectivity index (χ4v) is 4.01. The Balaban J connectivity index is 1.60. The Hall–Kier alpha value is -4.27. The summed E-state index contributed by atoms with van der Waals surface area (Å²) in [5.74, 6) is -0.497. The fourth-order valence-electron chi connectivity index (χ4n) is 4.01. The second-order valence-corrected chi connectivity index (χ2v) is 8.06. The maximum atomic E-state index is 14.1. The van der Waals surface area contributed by atoms with Crippen molar-refractivity contribution in [1.82, 2.24) is 19.3 Å². The molecule has 0 saturated carbocycles. The second kappa shape index (κ2) is 8.50. The Bertz CT molecular complexity index is 1570. The van der Waals surface area contributed by atoms with Crippen molar-refractivity contribution in [3.05, 3.63) is 113 Å². The summed E-state index contributed by atoms with van der Waals surface area (Å²) in [5.41, 5.74) is 1.31. The lowest BCUT2D eigenvalue weighted by atomic mass is 10.1. The molecule has 0 aliphatic rings. The third-order valence-corrected chi connectivity index (χ3v) is 5.84. The average Bonchev–Trinajstić information content (AvgIpc) is 3.22. The van der Waals surface area contributed by atoms with Crippen LogP contribution in [-0.2, 0) is 6.18 Å². The molecule has 2 aromatic carbocycles. The number of aromatic nitrogens is 4. The molecule has 0 unspecified atom stereocenters. The van der Waals surface area contributed by atoms with Crippen LogP contribution in [0.25, 0.3) is 27.8 Å². The van der Waals surface area contributed by atoms with Crippen LogP contribution in [0.15, 0.2) is 90.0 Å². The maximum absolute atomic E-state index is 14.1. The van der Waals surface area contributed by atoms with E-state index in [1.807, 2.05) is 19.1 Å². The van der Waals surface area contributed by atoms with Crippen molar-refractivity contribution in [3.8, 4) is 16.9 Å². The molecule has 5 aromatic rings. The number of benzene rings is 2. The number of alkyl halides is 3. The summed E-state index contributed by atoms with van der Waals surface area (Å²) >= 11 is 0. The van der Waals surface area contributed by atoms with E-state index >= 15 is 0 Å². The zero-order chi connectivity index (χ0) is 24.7. The zero-order valence-corrected chi connectivity index (χ0v) is 18.4. The smallest absolute Gasteiger partial charge is 0.307 e. The van der Waals surface area contributed by atoms with E-state index in [0.29, 0.717) is 27.8 Å². The summed E-state index contributed by atoms with van der Waals surface area (Å²) in [6.45, 7) is 1.85. The Morgan fingerprint density at radius 1 is 0.943 bits per heavy atom. The van der Waals surface area contributed by atoms with Crippen LogP contribution in [0.1, 0.15) is 24.2 Å². The molecule has 1 atom stereocenters. The molecule has 0 radical (unpaired) electrons. The molecule has 0 saturated heterocycles. The van der Waals surface area contributed by atoms with Crippen molar-refractivity contribution < 1.29 is 17.6 Å². The van der Waals surface area contributed by atoms with Crippen LogP contribution >= 0.6 is 0 Å². The molecule has 3 aromatic heterocycles. The summed E-state index contributed by atoms with van der Waals surface area (Å²) in [4.78, 5) is 17.3. The Kier molecular flexibility index (Phi) is 5.47. The van der Waals surface area contributed by atoms with E-state index in [0.717, 1.165) is 17.8 Å². The molecule has 5 rings (SSSR count). The van der Waals surface area contributed by atoms with E-state index < -0.39 is 17.6 Å². The van der Waals surface area contributed by atoms with Crippen molar-refractivity contribution in [2.45, 2.75) is 19.1 Å². The molecule has 0 bridgehead atoms. The van der Waals surface area contributed by atoms with Gasteiger partial charge in [-0.15, -0.1) is 0 Å². The highest BCUT2D eigenvalue weighted by atomic mass is 19.4. The molecule has 0 fully saturated rings. The van der Waals surface area contributed by atoms with E-state index in [-0.39, 0.29) is 11.6 Å².